The van der Waals surface area contributed by atoms with Gasteiger partial charge in [-0.3, -0.25) is 4.98 Å². The molecule has 5 nitrogen and oxygen atoms in total. The molecule has 63 heavy (non-hydrogen) atoms. The molecular weight excluding hydrogens is 965 g/mol. The van der Waals surface area contributed by atoms with E-state index in [9.17, 15) is 0 Å². The van der Waals surface area contributed by atoms with Crippen LogP contribution in [0.15, 0.2) is 132 Å². The molecule has 0 atom stereocenters. The Hall–Kier alpha value is -5.46. The number of para-hydroxylation sites is 2. The van der Waals surface area contributed by atoms with Crippen LogP contribution in [0.4, 0.5) is 0 Å². The van der Waals surface area contributed by atoms with Gasteiger partial charge in [0.1, 0.15) is 0 Å². The summed E-state index contributed by atoms with van der Waals surface area (Å²) in [7, 11) is -2.05. The Morgan fingerprint density at radius 1 is 0.762 bits per heavy atom. The van der Waals surface area contributed by atoms with Crippen LogP contribution in [0.5, 0.6) is 0 Å². The van der Waals surface area contributed by atoms with Gasteiger partial charge in [-0.2, -0.15) is 0 Å². The van der Waals surface area contributed by atoms with Crippen molar-refractivity contribution in [2.45, 2.75) is 93.2 Å². The monoisotopic (exact) mass is 1030 g/mol. The van der Waals surface area contributed by atoms with E-state index in [4.69, 9.17) is 14.9 Å². The molecule has 0 saturated heterocycles. The van der Waals surface area contributed by atoms with Crippen molar-refractivity contribution in [2.24, 2.45) is 5.41 Å². The minimum absolute atomic E-state index is 0. The molecule has 5 aromatic carbocycles. The van der Waals surface area contributed by atoms with Gasteiger partial charge in [-0.25, -0.2) is 4.98 Å². The molecule has 1 radical (unpaired) electrons. The molecule has 4 aromatic heterocycles. The second-order valence-corrected chi connectivity index (χ2v) is 23.7. The van der Waals surface area contributed by atoms with Crippen LogP contribution in [-0.2, 0) is 26.5 Å². The van der Waals surface area contributed by atoms with E-state index in [0.29, 0.717) is 34.5 Å². The van der Waals surface area contributed by atoms with Crippen molar-refractivity contribution in [3.05, 3.63) is 162 Å². The first-order valence-corrected chi connectivity index (χ1v) is 25.0. The number of aryl methyl sites for hydroxylation is 1. The van der Waals surface area contributed by atoms with Crippen LogP contribution < -0.4 is 5.19 Å². The third-order valence-electron chi connectivity index (χ3n) is 11.0. The fourth-order valence-electron chi connectivity index (χ4n) is 8.32. The molecule has 0 fully saturated rings. The second-order valence-electron chi connectivity index (χ2n) is 18.7. The second kappa shape index (κ2) is 18.3. The Bertz CT molecular complexity index is 3160. The van der Waals surface area contributed by atoms with Crippen LogP contribution in [0, 0.1) is 24.4 Å². The molecule has 0 aliphatic carbocycles. The number of hydrogen-bond donors (Lipinski definition) is 0. The van der Waals surface area contributed by atoms with E-state index in [1.807, 2.05) is 69.3 Å². The SMILES string of the molecule is CC(C)c1cc(-c2ccccc2)cc(C(C)C)c1-n1c(-c2[c-]ccc3c2oc2ncccc23)nc2ccccc21.[2H]C([2H])c1nc(-c2[c-]cccc2)cc(C([2H])([2H])C(C)(C)C)c1[Si](C)(C)C.[Ir]. The van der Waals surface area contributed by atoms with E-state index < -0.39 is 26.7 Å². The molecular formula is C56H58IrN4OSi-2. The maximum Gasteiger partial charge on any atom is 0.216 e. The maximum absolute atomic E-state index is 8.86. The van der Waals surface area contributed by atoms with Gasteiger partial charge in [0.05, 0.1) is 30.5 Å². The minimum Gasteiger partial charge on any atom is -0.486 e. The first-order chi connectivity index (χ1) is 31.3. The number of fused-ring (bicyclic) bond motifs is 4. The molecule has 0 spiro atoms. The van der Waals surface area contributed by atoms with Crippen molar-refractivity contribution >= 4 is 46.4 Å². The standard InChI is InChI=1S/C36H30N3O.C20H28NSi.Ir/c1-22(2)29-20-25(24-12-6-5-7-13-24)21-30(23(3)4)33(29)39-32-18-9-8-17-31(32)38-35(39)28-15-10-14-26-27-16-11-19-37-36(27)40-34(26)28;1-15-19(22(5,6)7)17(14-20(2,3)4)13-18(21-15)16-11-9-8-10-12-16;/h5-14,16-23H,1-4H3;8-11,13H,14H2,1-7H3;/q2*-1;/i;1D2,14D2;. The Morgan fingerprint density at radius 3 is 2.11 bits per heavy atom. The molecule has 0 amide bonds. The fraction of sp³-hybridized carbons (Fsp3) is 0.268. The minimum atomic E-state index is -2.05. The third kappa shape index (κ3) is 9.43. The summed E-state index contributed by atoms with van der Waals surface area (Å²) in [4.78, 5) is 14.3. The Balaban J connectivity index is 0.000000216. The van der Waals surface area contributed by atoms with Crippen LogP contribution in [0.3, 0.4) is 0 Å². The predicted molar refractivity (Wildman–Crippen MR) is 263 cm³/mol. The van der Waals surface area contributed by atoms with E-state index in [1.165, 1.54) is 27.9 Å². The summed E-state index contributed by atoms with van der Waals surface area (Å²) < 4.78 is 42.5. The molecule has 0 aliphatic rings. The summed E-state index contributed by atoms with van der Waals surface area (Å²) in [6, 6.07) is 47.6. The quantitative estimate of drug-likeness (QED) is 0.112. The molecule has 4 heterocycles. The zero-order valence-corrected chi connectivity index (χ0v) is 41.3. The Kier molecular flexibility index (Phi) is 11.7. The topological polar surface area (TPSA) is 56.7 Å². The number of furan rings is 1. The van der Waals surface area contributed by atoms with Gasteiger partial charge in [0.2, 0.25) is 5.71 Å². The zero-order chi connectivity index (χ0) is 47.3. The van der Waals surface area contributed by atoms with E-state index in [0.717, 1.165) is 49.5 Å². The molecule has 323 valence electrons. The van der Waals surface area contributed by atoms with Gasteiger partial charge in [0.25, 0.3) is 0 Å². The van der Waals surface area contributed by atoms with Crippen molar-refractivity contribution in [3.8, 4) is 39.5 Å². The summed E-state index contributed by atoms with van der Waals surface area (Å²) in [6.45, 7) is 19.8. The van der Waals surface area contributed by atoms with Crippen molar-refractivity contribution in [1.82, 2.24) is 19.5 Å². The van der Waals surface area contributed by atoms with Gasteiger partial charge >= 0.3 is 0 Å². The Labute approximate surface area is 394 Å². The predicted octanol–water partition coefficient (Wildman–Crippen LogP) is 14.7. The number of nitrogens with zero attached hydrogens (tertiary/aromatic N) is 4. The molecule has 0 unspecified atom stereocenters. The molecule has 9 aromatic rings. The third-order valence-corrected chi connectivity index (χ3v) is 13.1. The van der Waals surface area contributed by atoms with E-state index in [1.54, 1.807) is 12.3 Å². The summed E-state index contributed by atoms with van der Waals surface area (Å²) in [5.41, 5.74) is 12.1. The van der Waals surface area contributed by atoms with E-state index in [2.05, 4.69) is 141 Å². The van der Waals surface area contributed by atoms with Gasteiger partial charge < -0.3 is 14.0 Å². The van der Waals surface area contributed by atoms with Gasteiger partial charge in [0, 0.05) is 48.6 Å². The number of aromatic nitrogens is 4. The van der Waals surface area contributed by atoms with E-state index in [-0.39, 0.29) is 20.1 Å². The number of rotatable bonds is 8. The molecule has 0 bridgehead atoms. The normalized spacial score (nSPS) is 13.2. The van der Waals surface area contributed by atoms with Crippen LogP contribution in [0.2, 0.25) is 19.6 Å². The summed E-state index contributed by atoms with van der Waals surface area (Å²) in [6.07, 6.45) is 0.153. The van der Waals surface area contributed by atoms with Crippen molar-refractivity contribution < 1.29 is 30.0 Å². The van der Waals surface area contributed by atoms with Crippen LogP contribution in [0.1, 0.15) is 88.2 Å². The summed E-state index contributed by atoms with van der Waals surface area (Å²) >= 11 is 0. The van der Waals surface area contributed by atoms with Gasteiger partial charge in [-0.15, -0.1) is 54.1 Å². The van der Waals surface area contributed by atoms with Gasteiger partial charge in [-0.1, -0.05) is 133 Å². The molecule has 0 aliphatic heterocycles. The molecule has 9 rings (SSSR count). The summed E-state index contributed by atoms with van der Waals surface area (Å²) in [5, 5.41) is 2.81. The summed E-state index contributed by atoms with van der Waals surface area (Å²) in [5.74, 6) is 1.41. The van der Waals surface area contributed by atoms with Crippen LogP contribution in [0.25, 0.3) is 72.6 Å². The van der Waals surface area contributed by atoms with Gasteiger partial charge in [0.15, 0.2) is 0 Å². The number of pyridine rings is 2. The first-order valence-electron chi connectivity index (χ1n) is 23.7. The van der Waals surface area contributed by atoms with Crippen LogP contribution in [-0.4, -0.2) is 27.6 Å². The molecule has 7 heteroatoms. The molecule has 0 N–H and O–H groups in total. The van der Waals surface area contributed by atoms with Crippen molar-refractivity contribution in [3.63, 3.8) is 0 Å². The van der Waals surface area contributed by atoms with Gasteiger partial charge in [-0.05, 0) is 100 Å². The average Bonchev–Trinajstić information content (AvgIpc) is 3.87. The maximum atomic E-state index is 8.86. The average molecular weight is 1030 g/mol. The zero-order valence-electron chi connectivity index (χ0n) is 41.9. The number of benzene rings is 5. The first kappa shape index (κ1) is 40.3. The van der Waals surface area contributed by atoms with E-state index >= 15 is 0 Å². The number of imidazole rings is 1. The fourth-order valence-corrected chi connectivity index (χ4v) is 10.1. The van der Waals surface area contributed by atoms with Crippen molar-refractivity contribution in [2.75, 3.05) is 0 Å². The Morgan fingerprint density at radius 2 is 1.46 bits per heavy atom. The number of hydrogen-bond acceptors (Lipinski definition) is 4. The van der Waals surface area contributed by atoms with Crippen LogP contribution >= 0.6 is 0 Å². The molecule has 0 saturated carbocycles. The van der Waals surface area contributed by atoms with Crippen molar-refractivity contribution in [1.29, 1.82) is 0 Å². The largest absolute Gasteiger partial charge is 0.486 e. The smallest absolute Gasteiger partial charge is 0.216 e.